The third-order valence-electron chi connectivity index (χ3n) is 3.12. The number of nitrogens with two attached hydrogens (primary N) is 1. The maximum Gasteiger partial charge on any atom is 0.123 e. The monoisotopic (exact) mass is 287 g/mol. The Labute approximate surface area is 125 Å². The van der Waals surface area contributed by atoms with Crippen LogP contribution in [0.25, 0.3) is 0 Å². The van der Waals surface area contributed by atoms with Crippen LogP contribution in [0.1, 0.15) is 16.7 Å². The van der Waals surface area contributed by atoms with E-state index >= 15 is 0 Å². The maximum absolute atomic E-state index is 5.81. The summed E-state index contributed by atoms with van der Waals surface area (Å²) in [5.74, 6) is 1.83. The topological polar surface area (TPSA) is 35.2 Å². The van der Waals surface area contributed by atoms with Crippen LogP contribution in [0.4, 0.5) is 0 Å². The van der Waals surface area contributed by atoms with E-state index < -0.39 is 0 Å². The van der Waals surface area contributed by atoms with E-state index in [0.29, 0.717) is 13.2 Å². The summed E-state index contributed by atoms with van der Waals surface area (Å²) < 4.78 is 5.81. The average Bonchev–Trinajstić information content (AvgIpc) is 2.46. The fourth-order valence-corrected chi connectivity index (χ4v) is 2.92. The molecule has 0 spiro atoms. The molecule has 2 aromatic rings. The van der Waals surface area contributed by atoms with Gasteiger partial charge in [-0.3, -0.25) is 0 Å². The predicted molar refractivity (Wildman–Crippen MR) is 86.5 cm³/mol. The number of para-hydroxylation sites is 1. The Balaban J connectivity index is 1.84. The van der Waals surface area contributed by atoms with Crippen molar-refractivity contribution in [1.29, 1.82) is 0 Å². The molecule has 0 heterocycles. The molecule has 2 rings (SSSR count). The lowest BCUT2D eigenvalue weighted by Gasteiger charge is -2.11. The van der Waals surface area contributed by atoms with Gasteiger partial charge >= 0.3 is 0 Å². The normalized spacial score (nSPS) is 10.6. The summed E-state index contributed by atoms with van der Waals surface area (Å²) in [5, 5.41) is 0. The Hall–Kier alpha value is -1.45. The van der Waals surface area contributed by atoms with Gasteiger partial charge in [-0.1, -0.05) is 35.9 Å². The molecule has 0 aromatic heterocycles. The van der Waals surface area contributed by atoms with Crippen molar-refractivity contribution >= 4 is 11.8 Å². The highest BCUT2D eigenvalue weighted by atomic mass is 32.2. The molecule has 2 aromatic carbocycles. The standard InChI is InChI=1S/C17H21NOS/c1-13-7-8-17(14(2)11-13)20-10-9-19-16-6-4-3-5-15(16)12-18/h3-8,11H,9-10,12,18H2,1-2H3. The molecule has 0 aliphatic carbocycles. The molecule has 2 nitrogen and oxygen atoms in total. The molecule has 0 saturated heterocycles. The van der Waals surface area contributed by atoms with Gasteiger partial charge < -0.3 is 10.5 Å². The zero-order valence-corrected chi connectivity index (χ0v) is 12.9. The average molecular weight is 287 g/mol. The number of aryl methyl sites for hydroxylation is 2. The molecular weight excluding hydrogens is 266 g/mol. The van der Waals surface area contributed by atoms with E-state index in [1.807, 2.05) is 36.0 Å². The summed E-state index contributed by atoms with van der Waals surface area (Å²) in [5.41, 5.74) is 9.39. The van der Waals surface area contributed by atoms with Crippen molar-refractivity contribution in [3.8, 4) is 5.75 Å². The fraction of sp³-hybridized carbons (Fsp3) is 0.294. The Morgan fingerprint density at radius 3 is 2.65 bits per heavy atom. The van der Waals surface area contributed by atoms with E-state index in [1.165, 1.54) is 16.0 Å². The van der Waals surface area contributed by atoms with Gasteiger partial charge in [0.05, 0.1) is 6.61 Å². The first-order valence-electron chi connectivity index (χ1n) is 6.81. The van der Waals surface area contributed by atoms with Crippen molar-refractivity contribution in [2.45, 2.75) is 25.3 Å². The van der Waals surface area contributed by atoms with Crippen molar-refractivity contribution in [3.63, 3.8) is 0 Å². The third-order valence-corrected chi connectivity index (χ3v) is 4.26. The second kappa shape index (κ2) is 7.36. The molecule has 0 unspecified atom stereocenters. The van der Waals surface area contributed by atoms with Gasteiger partial charge in [-0.15, -0.1) is 11.8 Å². The number of benzene rings is 2. The van der Waals surface area contributed by atoms with Gasteiger partial charge in [0.25, 0.3) is 0 Å². The lowest BCUT2D eigenvalue weighted by atomic mass is 10.2. The first kappa shape index (κ1) is 14.9. The molecule has 3 heteroatoms. The van der Waals surface area contributed by atoms with Crippen molar-refractivity contribution < 1.29 is 4.74 Å². The number of ether oxygens (including phenoxy) is 1. The van der Waals surface area contributed by atoms with Gasteiger partial charge in [0, 0.05) is 22.8 Å². The van der Waals surface area contributed by atoms with E-state index in [9.17, 15) is 0 Å². The SMILES string of the molecule is Cc1ccc(SCCOc2ccccc2CN)c(C)c1. The smallest absolute Gasteiger partial charge is 0.123 e. The van der Waals surface area contributed by atoms with Crippen molar-refractivity contribution in [1.82, 2.24) is 0 Å². The molecule has 0 amide bonds. The van der Waals surface area contributed by atoms with Gasteiger partial charge in [0.15, 0.2) is 0 Å². The van der Waals surface area contributed by atoms with Gasteiger partial charge in [-0.2, -0.15) is 0 Å². The molecule has 106 valence electrons. The Kier molecular flexibility index (Phi) is 5.50. The summed E-state index contributed by atoms with van der Waals surface area (Å²) in [6.45, 7) is 5.48. The largest absolute Gasteiger partial charge is 0.492 e. The predicted octanol–water partition coefficient (Wildman–Crippen LogP) is 3.93. The van der Waals surface area contributed by atoms with Crippen LogP contribution in [0.5, 0.6) is 5.75 Å². The lowest BCUT2D eigenvalue weighted by molar-refractivity contribution is 0.340. The summed E-state index contributed by atoms with van der Waals surface area (Å²) in [6.07, 6.45) is 0. The van der Waals surface area contributed by atoms with Crippen LogP contribution in [-0.4, -0.2) is 12.4 Å². The zero-order chi connectivity index (χ0) is 14.4. The maximum atomic E-state index is 5.81. The first-order chi connectivity index (χ1) is 9.70. The van der Waals surface area contributed by atoms with Crippen LogP contribution in [0.3, 0.4) is 0 Å². The highest BCUT2D eigenvalue weighted by Crippen LogP contribution is 2.23. The van der Waals surface area contributed by atoms with Gasteiger partial charge in [0.1, 0.15) is 5.75 Å². The molecule has 0 radical (unpaired) electrons. The van der Waals surface area contributed by atoms with Crippen LogP contribution in [0.2, 0.25) is 0 Å². The fourth-order valence-electron chi connectivity index (χ4n) is 2.08. The number of hydrogen-bond donors (Lipinski definition) is 1. The van der Waals surface area contributed by atoms with Crippen LogP contribution >= 0.6 is 11.8 Å². The molecule has 0 aliphatic rings. The Bertz CT molecular complexity index is 569. The molecule has 2 N–H and O–H groups in total. The molecule has 0 atom stereocenters. The summed E-state index contributed by atoms with van der Waals surface area (Å²) in [7, 11) is 0. The second-order valence-corrected chi connectivity index (χ2v) is 5.91. The minimum atomic E-state index is 0.514. The second-order valence-electron chi connectivity index (χ2n) is 4.78. The highest BCUT2D eigenvalue weighted by molar-refractivity contribution is 7.99. The van der Waals surface area contributed by atoms with E-state index in [2.05, 4.69) is 32.0 Å². The molecular formula is C17H21NOS. The summed E-state index contributed by atoms with van der Waals surface area (Å²) >= 11 is 1.83. The van der Waals surface area contributed by atoms with E-state index in [-0.39, 0.29) is 0 Å². The lowest BCUT2D eigenvalue weighted by Crippen LogP contribution is -2.05. The molecule has 0 bridgehead atoms. The van der Waals surface area contributed by atoms with Crippen LogP contribution in [0, 0.1) is 13.8 Å². The minimum Gasteiger partial charge on any atom is -0.492 e. The van der Waals surface area contributed by atoms with Crippen molar-refractivity contribution in [2.24, 2.45) is 5.73 Å². The van der Waals surface area contributed by atoms with E-state index in [4.69, 9.17) is 10.5 Å². The Morgan fingerprint density at radius 1 is 1.10 bits per heavy atom. The van der Waals surface area contributed by atoms with Gasteiger partial charge in [-0.05, 0) is 31.5 Å². The van der Waals surface area contributed by atoms with E-state index in [0.717, 1.165) is 17.1 Å². The van der Waals surface area contributed by atoms with Crippen LogP contribution in [-0.2, 0) is 6.54 Å². The molecule has 20 heavy (non-hydrogen) atoms. The third kappa shape index (κ3) is 4.02. The first-order valence-corrected chi connectivity index (χ1v) is 7.80. The van der Waals surface area contributed by atoms with Gasteiger partial charge in [-0.25, -0.2) is 0 Å². The van der Waals surface area contributed by atoms with Crippen LogP contribution in [0.15, 0.2) is 47.4 Å². The molecule has 0 fully saturated rings. The summed E-state index contributed by atoms with van der Waals surface area (Å²) in [4.78, 5) is 1.33. The summed E-state index contributed by atoms with van der Waals surface area (Å²) in [6, 6.07) is 14.5. The minimum absolute atomic E-state index is 0.514. The van der Waals surface area contributed by atoms with Crippen molar-refractivity contribution in [2.75, 3.05) is 12.4 Å². The number of rotatable bonds is 6. The molecule has 0 aliphatic heterocycles. The van der Waals surface area contributed by atoms with E-state index in [1.54, 1.807) is 0 Å². The quantitative estimate of drug-likeness (QED) is 0.646. The van der Waals surface area contributed by atoms with Crippen molar-refractivity contribution in [3.05, 3.63) is 59.2 Å². The zero-order valence-electron chi connectivity index (χ0n) is 12.1. The van der Waals surface area contributed by atoms with Crippen LogP contribution < -0.4 is 10.5 Å². The van der Waals surface area contributed by atoms with Gasteiger partial charge in [0.2, 0.25) is 0 Å². The Morgan fingerprint density at radius 2 is 1.90 bits per heavy atom. The number of thioether (sulfide) groups is 1. The molecule has 0 saturated carbocycles. The highest BCUT2D eigenvalue weighted by Gasteiger charge is 2.02. The number of hydrogen-bond acceptors (Lipinski definition) is 3.